The van der Waals surface area contributed by atoms with E-state index in [0.29, 0.717) is 10.9 Å². The Bertz CT molecular complexity index is 464. The van der Waals surface area contributed by atoms with Crippen LogP contribution in [0, 0.1) is 5.92 Å². The summed E-state index contributed by atoms with van der Waals surface area (Å²) in [6.07, 6.45) is 0.978. The fourth-order valence-corrected chi connectivity index (χ4v) is 2.70. The highest BCUT2D eigenvalue weighted by Gasteiger charge is 2.27. The van der Waals surface area contributed by atoms with Crippen LogP contribution in [-0.2, 0) is 0 Å². The predicted molar refractivity (Wildman–Crippen MR) is 83.3 cm³/mol. The summed E-state index contributed by atoms with van der Waals surface area (Å²) >= 11 is 5.94. The largest absolute Gasteiger partial charge is 0.322 e. The van der Waals surface area contributed by atoms with Crippen LogP contribution in [0.2, 0.25) is 5.02 Å². The van der Waals surface area contributed by atoms with Crippen molar-refractivity contribution in [2.75, 3.05) is 25.0 Å². The van der Waals surface area contributed by atoms with Crippen molar-refractivity contribution in [3.05, 3.63) is 29.3 Å². The van der Waals surface area contributed by atoms with Gasteiger partial charge in [0, 0.05) is 29.8 Å². The van der Waals surface area contributed by atoms with Crippen LogP contribution in [0.5, 0.6) is 0 Å². The highest BCUT2D eigenvalue weighted by molar-refractivity contribution is 6.30. The van der Waals surface area contributed by atoms with Gasteiger partial charge in [0.05, 0.1) is 0 Å². The molecule has 0 aliphatic carbocycles. The Morgan fingerprint density at radius 2 is 2.30 bits per heavy atom. The highest BCUT2D eigenvalue weighted by Crippen LogP contribution is 2.18. The molecule has 2 amide bonds. The van der Waals surface area contributed by atoms with Gasteiger partial charge in [0.2, 0.25) is 0 Å². The molecule has 4 nitrogen and oxygen atoms in total. The third-order valence-electron chi connectivity index (χ3n) is 3.61. The molecule has 1 aliphatic rings. The monoisotopic (exact) mass is 295 g/mol. The fraction of sp³-hybridized carbons (Fsp3) is 0.533. The Balaban J connectivity index is 2.08. The molecule has 2 rings (SSSR count). The molecule has 1 atom stereocenters. The molecule has 1 unspecified atom stereocenters. The SMILES string of the molecule is CC(C)C1CNCCCN1C(=O)Nc1cccc(Cl)c1. The van der Waals surface area contributed by atoms with Gasteiger partial charge in [-0.3, -0.25) is 0 Å². The molecule has 1 heterocycles. The normalized spacial score (nSPS) is 19.8. The Hall–Kier alpha value is -1.26. The van der Waals surface area contributed by atoms with Crippen molar-refractivity contribution < 1.29 is 4.79 Å². The minimum atomic E-state index is -0.0466. The lowest BCUT2D eigenvalue weighted by Crippen LogP contribution is -2.48. The molecule has 2 N–H and O–H groups in total. The number of carbonyl (C=O) groups is 1. The number of carbonyl (C=O) groups excluding carboxylic acids is 1. The molecule has 20 heavy (non-hydrogen) atoms. The molecule has 1 aliphatic heterocycles. The predicted octanol–water partition coefficient (Wildman–Crippen LogP) is 3.19. The second kappa shape index (κ2) is 6.95. The van der Waals surface area contributed by atoms with Crippen molar-refractivity contribution in [2.24, 2.45) is 5.92 Å². The van der Waals surface area contributed by atoms with Gasteiger partial charge in [0.1, 0.15) is 0 Å². The summed E-state index contributed by atoms with van der Waals surface area (Å²) in [5, 5.41) is 6.96. The first-order valence-electron chi connectivity index (χ1n) is 7.12. The van der Waals surface area contributed by atoms with Crippen LogP contribution < -0.4 is 10.6 Å². The number of halogens is 1. The van der Waals surface area contributed by atoms with Gasteiger partial charge in [-0.2, -0.15) is 0 Å². The first-order valence-corrected chi connectivity index (χ1v) is 7.49. The molecular weight excluding hydrogens is 274 g/mol. The molecule has 1 saturated heterocycles. The number of urea groups is 1. The average molecular weight is 296 g/mol. The van der Waals surface area contributed by atoms with Crippen molar-refractivity contribution in [1.29, 1.82) is 0 Å². The van der Waals surface area contributed by atoms with E-state index in [9.17, 15) is 4.79 Å². The van der Waals surface area contributed by atoms with E-state index < -0.39 is 0 Å². The van der Waals surface area contributed by atoms with Crippen molar-refractivity contribution >= 4 is 23.3 Å². The van der Waals surface area contributed by atoms with Gasteiger partial charge >= 0.3 is 6.03 Å². The molecule has 0 spiro atoms. The van der Waals surface area contributed by atoms with Crippen LogP contribution >= 0.6 is 11.6 Å². The number of rotatable bonds is 2. The Morgan fingerprint density at radius 1 is 1.50 bits per heavy atom. The van der Waals surface area contributed by atoms with Gasteiger partial charge in [-0.1, -0.05) is 31.5 Å². The first-order chi connectivity index (χ1) is 9.58. The number of hydrogen-bond acceptors (Lipinski definition) is 2. The van der Waals surface area contributed by atoms with Gasteiger partial charge in [-0.15, -0.1) is 0 Å². The number of nitrogens with one attached hydrogen (secondary N) is 2. The summed E-state index contributed by atoms with van der Waals surface area (Å²) in [5.41, 5.74) is 0.738. The van der Waals surface area contributed by atoms with E-state index in [0.717, 1.165) is 31.7 Å². The van der Waals surface area contributed by atoms with Gasteiger partial charge in [0.15, 0.2) is 0 Å². The Kier molecular flexibility index (Phi) is 5.26. The van der Waals surface area contributed by atoms with Crippen LogP contribution in [-0.4, -0.2) is 36.6 Å². The topological polar surface area (TPSA) is 44.4 Å². The van der Waals surface area contributed by atoms with Crippen LogP contribution in [0.25, 0.3) is 0 Å². The van der Waals surface area contributed by atoms with Crippen molar-refractivity contribution in [2.45, 2.75) is 26.3 Å². The lowest BCUT2D eigenvalue weighted by Gasteiger charge is -2.32. The molecule has 0 bridgehead atoms. The second-order valence-electron chi connectivity index (χ2n) is 5.50. The summed E-state index contributed by atoms with van der Waals surface area (Å²) in [7, 11) is 0. The second-order valence-corrected chi connectivity index (χ2v) is 5.94. The van der Waals surface area contributed by atoms with Crippen LogP contribution in [0.15, 0.2) is 24.3 Å². The Morgan fingerprint density at radius 3 is 3.00 bits per heavy atom. The minimum Gasteiger partial charge on any atom is -0.320 e. The minimum absolute atomic E-state index is 0.0466. The zero-order valence-corrected chi connectivity index (χ0v) is 12.8. The van der Waals surface area contributed by atoms with Crippen molar-refractivity contribution in [3.63, 3.8) is 0 Å². The molecule has 1 aromatic carbocycles. The molecule has 1 fully saturated rings. The molecule has 5 heteroatoms. The molecule has 0 radical (unpaired) electrons. The van der Waals surface area contributed by atoms with Gasteiger partial charge in [-0.25, -0.2) is 4.79 Å². The quantitative estimate of drug-likeness (QED) is 0.880. The number of benzene rings is 1. The fourth-order valence-electron chi connectivity index (χ4n) is 2.51. The summed E-state index contributed by atoms with van der Waals surface area (Å²) in [4.78, 5) is 14.4. The summed E-state index contributed by atoms with van der Waals surface area (Å²) < 4.78 is 0. The van der Waals surface area contributed by atoms with Crippen LogP contribution in [0.1, 0.15) is 20.3 Å². The van der Waals surface area contributed by atoms with Gasteiger partial charge in [0.25, 0.3) is 0 Å². The third kappa shape index (κ3) is 3.87. The molecular formula is C15H22ClN3O. The maximum absolute atomic E-state index is 12.5. The van der Waals surface area contributed by atoms with E-state index in [1.165, 1.54) is 0 Å². The van der Waals surface area contributed by atoms with E-state index in [-0.39, 0.29) is 12.1 Å². The van der Waals surface area contributed by atoms with Crippen LogP contribution in [0.3, 0.4) is 0 Å². The summed E-state index contributed by atoms with van der Waals surface area (Å²) in [5.74, 6) is 0.422. The third-order valence-corrected chi connectivity index (χ3v) is 3.85. The van der Waals surface area contributed by atoms with E-state index in [1.54, 1.807) is 12.1 Å². The molecule has 1 aromatic rings. The summed E-state index contributed by atoms with van der Waals surface area (Å²) in [6.45, 7) is 6.89. The lowest BCUT2D eigenvalue weighted by molar-refractivity contribution is 0.173. The average Bonchev–Trinajstić information content (AvgIpc) is 2.64. The molecule has 0 aromatic heterocycles. The number of hydrogen-bond donors (Lipinski definition) is 2. The van der Waals surface area contributed by atoms with Crippen molar-refractivity contribution in [3.8, 4) is 0 Å². The van der Waals surface area contributed by atoms with E-state index in [1.807, 2.05) is 17.0 Å². The molecule has 0 saturated carbocycles. The number of anilines is 1. The Labute approximate surface area is 125 Å². The molecule has 110 valence electrons. The van der Waals surface area contributed by atoms with Gasteiger partial charge < -0.3 is 15.5 Å². The summed E-state index contributed by atoms with van der Waals surface area (Å²) in [6, 6.07) is 7.42. The number of nitrogens with zero attached hydrogens (tertiary/aromatic N) is 1. The smallest absolute Gasteiger partial charge is 0.320 e. The zero-order chi connectivity index (χ0) is 14.5. The van der Waals surface area contributed by atoms with E-state index in [2.05, 4.69) is 24.5 Å². The van der Waals surface area contributed by atoms with Crippen molar-refractivity contribution in [1.82, 2.24) is 10.2 Å². The van der Waals surface area contributed by atoms with E-state index in [4.69, 9.17) is 11.6 Å². The maximum atomic E-state index is 12.5. The standard InChI is InChI=1S/C15H22ClN3O/c1-11(2)14-10-17-7-4-8-19(14)15(20)18-13-6-3-5-12(16)9-13/h3,5-6,9,11,14,17H,4,7-8,10H2,1-2H3,(H,18,20). The van der Waals surface area contributed by atoms with E-state index >= 15 is 0 Å². The first kappa shape index (κ1) is 15.1. The number of amides is 2. The lowest BCUT2D eigenvalue weighted by atomic mass is 10.0. The zero-order valence-electron chi connectivity index (χ0n) is 12.0. The van der Waals surface area contributed by atoms with Crippen LogP contribution in [0.4, 0.5) is 10.5 Å². The highest BCUT2D eigenvalue weighted by atomic mass is 35.5. The maximum Gasteiger partial charge on any atom is 0.322 e. The van der Waals surface area contributed by atoms with Gasteiger partial charge in [-0.05, 0) is 37.1 Å².